The Morgan fingerprint density at radius 3 is 2.86 bits per heavy atom. The Bertz CT molecular complexity index is 504. The summed E-state index contributed by atoms with van der Waals surface area (Å²) in [7, 11) is 5.36. The molecule has 21 heavy (non-hydrogen) atoms. The van der Waals surface area contributed by atoms with Gasteiger partial charge in [0.25, 0.3) is 5.91 Å². The van der Waals surface area contributed by atoms with Crippen LogP contribution in [0.1, 0.15) is 18.4 Å². The maximum Gasteiger partial charge on any atom is 0.256 e. The van der Waals surface area contributed by atoms with Gasteiger partial charge in [-0.1, -0.05) is 12.1 Å². The number of nitrogens with zero attached hydrogens (tertiary/aromatic N) is 2. The number of likely N-dealkylation sites (tertiary alicyclic amines) is 1. The summed E-state index contributed by atoms with van der Waals surface area (Å²) in [6, 6.07) is 7.68. The van der Waals surface area contributed by atoms with Crippen molar-refractivity contribution in [1.82, 2.24) is 9.80 Å². The van der Waals surface area contributed by atoms with E-state index in [9.17, 15) is 9.90 Å². The van der Waals surface area contributed by atoms with Crippen molar-refractivity contribution < 1.29 is 14.6 Å². The summed E-state index contributed by atoms with van der Waals surface area (Å²) >= 11 is 0. The average Bonchev–Trinajstić information content (AvgIpc) is 2.43. The number of rotatable bonds is 5. The second kappa shape index (κ2) is 6.45. The van der Waals surface area contributed by atoms with Gasteiger partial charge in [0.1, 0.15) is 5.75 Å². The highest BCUT2D eigenvalue weighted by molar-refractivity contribution is 5.86. The number of amides is 1. The molecule has 0 bridgehead atoms. The van der Waals surface area contributed by atoms with Crippen LogP contribution in [0.4, 0.5) is 0 Å². The molecule has 1 heterocycles. The van der Waals surface area contributed by atoms with Crippen molar-refractivity contribution >= 4 is 5.91 Å². The molecule has 1 aliphatic rings. The van der Waals surface area contributed by atoms with E-state index < -0.39 is 5.60 Å². The molecule has 1 aromatic carbocycles. The number of aliphatic hydroxyl groups is 1. The van der Waals surface area contributed by atoms with Gasteiger partial charge in [0, 0.05) is 19.6 Å². The first-order valence-electron chi connectivity index (χ1n) is 7.24. The van der Waals surface area contributed by atoms with Crippen LogP contribution in [0, 0.1) is 0 Å². The molecule has 1 atom stereocenters. The SMILES string of the molecule is COc1cccc(CN2CCCC(O)(CN(C)C)C2=O)c1. The van der Waals surface area contributed by atoms with Gasteiger partial charge in [-0.2, -0.15) is 0 Å². The highest BCUT2D eigenvalue weighted by atomic mass is 16.5. The van der Waals surface area contributed by atoms with Gasteiger partial charge in [0.2, 0.25) is 0 Å². The van der Waals surface area contributed by atoms with Crippen molar-refractivity contribution in [2.45, 2.75) is 25.0 Å². The Labute approximate surface area is 126 Å². The number of hydrogen-bond donors (Lipinski definition) is 1. The van der Waals surface area contributed by atoms with E-state index in [-0.39, 0.29) is 5.91 Å². The Hall–Kier alpha value is -1.59. The molecule has 0 aromatic heterocycles. The Kier molecular flexibility index (Phi) is 4.85. The highest BCUT2D eigenvalue weighted by Crippen LogP contribution is 2.25. The van der Waals surface area contributed by atoms with Crippen molar-refractivity contribution in [3.8, 4) is 5.75 Å². The summed E-state index contributed by atoms with van der Waals surface area (Å²) < 4.78 is 5.20. The normalized spacial score (nSPS) is 22.7. The number of benzene rings is 1. The highest BCUT2D eigenvalue weighted by Gasteiger charge is 2.42. The first kappa shape index (κ1) is 15.8. The molecule has 0 spiro atoms. The van der Waals surface area contributed by atoms with Gasteiger partial charge in [0.15, 0.2) is 5.60 Å². The van der Waals surface area contributed by atoms with Crippen LogP contribution in [0.15, 0.2) is 24.3 Å². The number of carbonyl (C=O) groups excluding carboxylic acids is 1. The van der Waals surface area contributed by atoms with E-state index >= 15 is 0 Å². The van der Waals surface area contributed by atoms with Gasteiger partial charge < -0.3 is 19.6 Å². The number of hydrogen-bond acceptors (Lipinski definition) is 4. The molecule has 1 aliphatic heterocycles. The summed E-state index contributed by atoms with van der Waals surface area (Å²) in [5.41, 5.74) is -0.252. The van der Waals surface area contributed by atoms with Crippen LogP contribution in [0.25, 0.3) is 0 Å². The number of ether oxygens (including phenoxy) is 1. The maximum atomic E-state index is 12.6. The molecule has 1 aromatic rings. The van der Waals surface area contributed by atoms with Gasteiger partial charge in [-0.05, 0) is 44.6 Å². The molecule has 5 heteroatoms. The largest absolute Gasteiger partial charge is 0.497 e. The molecule has 2 rings (SSSR count). The van der Waals surface area contributed by atoms with E-state index in [0.717, 1.165) is 17.7 Å². The smallest absolute Gasteiger partial charge is 0.256 e. The summed E-state index contributed by atoms with van der Waals surface area (Å²) in [6.45, 7) is 1.55. The Morgan fingerprint density at radius 2 is 2.19 bits per heavy atom. The van der Waals surface area contributed by atoms with Crippen LogP contribution in [-0.2, 0) is 11.3 Å². The fourth-order valence-electron chi connectivity index (χ4n) is 2.88. The third-order valence-electron chi connectivity index (χ3n) is 3.79. The van der Waals surface area contributed by atoms with E-state index in [4.69, 9.17) is 4.74 Å². The zero-order valence-corrected chi connectivity index (χ0v) is 13.0. The van der Waals surface area contributed by atoms with Crippen LogP contribution in [0.2, 0.25) is 0 Å². The van der Waals surface area contributed by atoms with Crippen LogP contribution in [-0.4, -0.2) is 60.7 Å². The van der Waals surface area contributed by atoms with E-state index in [1.54, 1.807) is 12.0 Å². The Balaban J connectivity index is 2.10. The lowest BCUT2D eigenvalue weighted by Gasteiger charge is -2.39. The fraction of sp³-hybridized carbons (Fsp3) is 0.562. The molecule has 1 amide bonds. The van der Waals surface area contributed by atoms with Crippen molar-refractivity contribution in [1.29, 1.82) is 0 Å². The molecule has 0 saturated carbocycles. The predicted octanol–water partition coefficient (Wildman–Crippen LogP) is 1.11. The van der Waals surface area contributed by atoms with Gasteiger partial charge in [-0.25, -0.2) is 0 Å². The van der Waals surface area contributed by atoms with Crippen LogP contribution >= 0.6 is 0 Å². The molecule has 1 saturated heterocycles. The van der Waals surface area contributed by atoms with Crippen molar-refractivity contribution in [2.24, 2.45) is 0 Å². The topological polar surface area (TPSA) is 53.0 Å². The number of likely N-dealkylation sites (N-methyl/N-ethyl adjacent to an activating group) is 1. The average molecular weight is 292 g/mol. The lowest BCUT2D eigenvalue weighted by molar-refractivity contribution is -0.159. The number of methoxy groups -OCH3 is 1. The summed E-state index contributed by atoms with van der Waals surface area (Å²) in [6.07, 6.45) is 1.35. The molecule has 1 fully saturated rings. The van der Waals surface area contributed by atoms with Crippen LogP contribution in [0.3, 0.4) is 0 Å². The van der Waals surface area contributed by atoms with Crippen LogP contribution in [0.5, 0.6) is 5.75 Å². The second-order valence-electron chi connectivity index (χ2n) is 5.95. The third-order valence-corrected chi connectivity index (χ3v) is 3.79. The zero-order chi connectivity index (χ0) is 15.5. The minimum Gasteiger partial charge on any atom is -0.497 e. The lowest BCUT2D eigenvalue weighted by atomic mass is 9.91. The van der Waals surface area contributed by atoms with E-state index in [1.165, 1.54) is 0 Å². The monoisotopic (exact) mass is 292 g/mol. The molecule has 1 unspecified atom stereocenters. The molecular formula is C16H24N2O3. The quantitative estimate of drug-likeness (QED) is 0.883. The lowest BCUT2D eigenvalue weighted by Crippen LogP contribution is -2.57. The first-order valence-corrected chi connectivity index (χ1v) is 7.24. The Morgan fingerprint density at radius 1 is 1.43 bits per heavy atom. The number of carbonyl (C=O) groups is 1. The van der Waals surface area contributed by atoms with Crippen LogP contribution < -0.4 is 4.74 Å². The van der Waals surface area contributed by atoms with Gasteiger partial charge in [-0.3, -0.25) is 4.79 Å². The first-order chi connectivity index (χ1) is 9.94. The summed E-state index contributed by atoms with van der Waals surface area (Å²) in [4.78, 5) is 16.2. The number of piperidine rings is 1. The molecule has 0 aliphatic carbocycles. The minimum atomic E-state index is -1.26. The van der Waals surface area contributed by atoms with Crippen molar-refractivity contribution in [3.63, 3.8) is 0 Å². The van der Waals surface area contributed by atoms with Gasteiger partial charge >= 0.3 is 0 Å². The molecule has 1 N–H and O–H groups in total. The fourth-order valence-corrected chi connectivity index (χ4v) is 2.88. The van der Waals surface area contributed by atoms with E-state index in [0.29, 0.717) is 26.1 Å². The van der Waals surface area contributed by atoms with Crippen molar-refractivity contribution in [3.05, 3.63) is 29.8 Å². The van der Waals surface area contributed by atoms with Crippen molar-refractivity contribution in [2.75, 3.05) is 34.3 Å². The van der Waals surface area contributed by atoms with Gasteiger partial charge in [-0.15, -0.1) is 0 Å². The standard InChI is InChI=1S/C16H24N2O3/c1-17(2)12-16(20)8-5-9-18(15(16)19)11-13-6-4-7-14(10-13)21-3/h4,6-7,10,20H,5,8-9,11-12H2,1-3H3. The van der Waals surface area contributed by atoms with E-state index in [1.807, 2.05) is 43.3 Å². The van der Waals surface area contributed by atoms with Gasteiger partial charge in [0.05, 0.1) is 7.11 Å². The minimum absolute atomic E-state index is 0.176. The predicted molar refractivity (Wildman–Crippen MR) is 81.1 cm³/mol. The summed E-state index contributed by atoms with van der Waals surface area (Å²) in [5, 5.41) is 10.6. The summed E-state index contributed by atoms with van der Waals surface area (Å²) in [5.74, 6) is 0.603. The molecule has 5 nitrogen and oxygen atoms in total. The third kappa shape index (κ3) is 3.74. The van der Waals surface area contributed by atoms with E-state index in [2.05, 4.69) is 0 Å². The zero-order valence-electron chi connectivity index (χ0n) is 13.0. The molecule has 116 valence electrons. The second-order valence-corrected chi connectivity index (χ2v) is 5.95. The molecule has 0 radical (unpaired) electrons. The maximum absolute atomic E-state index is 12.6. The molecular weight excluding hydrogens is 268 g/mol.